The third kappa shape index (κ3) is 3.85. The average Bonchev–Trinajstić information content (AvgIpc) is 4.00. The summed E-state index contributed by atoms with van der Waals surface area (Å²) in [6.07, 6.45) is 0. The van der Waals surface area contributed by atoms with E-state index in [0.717, 1.165) is 11.1 Å². The fourth-order valence-corrected chi connectivity index (χ4v) is 8.14. The molecule has 0 saturated heterocycles. The highest BCUT2D eigenvalue weighted by Crippen LogP contribution is 2.47. The van der Waals surface area contributed by atoms with Crippen LogP contribution >= 0.6 is 0 Å². The van der Waals surface area contributed by atoms with E-state index < -0.39 is 48.3 Å². The van der Waals surface area contributed by atoms with E-state index in [1.54, 1.807) is 0 Å². The van der Waals surface area contributed by atoms with Gasteiger partial charge in [0.2, 0.25) is 0 Å². The lowest BCUT2D eigenvalue weighted by atomic mass is 9.86. The fraction of sp³-hybridized carbons (Fsp3) is 0.160. The molecular formula is C50H40N2. The fourth-order valence-electron chi connectivity index (χ4n) is 8.14. The Labute approximate surface area is 322 Å². The highest BCUT2D eigenvalue weighted by molar-refractivity contribution is 6.30. The SMILES string of the molecule is [2H]c1c([2H])c([2H])c2c(c1-c1ccc(C(C)(C)C)cc1)c1c([2H])c([2H])c([2H])c3c4c([2H])c5c(c([2H])c4n2c13)c1c([2H])c([2H])c([2H])c2c3c(-c4ccc(C(C)(C)C)cc4)c([2H])c([2H])c([2H])c3n5c21. The molecule has 0 amide bonds. The van der Waals surface area contributed by atoms with Gasteiger partial charge in [0.25, 0.3) is 0 Å². The number of aromatic nitrogens is 2. The molecule has 0 bridgehead atoms. The molecule has 250 valence electrons. The van der Waals surface area contributed by atoms with Crippen molar-refractivity contribution in [1.29, 1.82) is 0 Å². The van der Waals surface area contributed by atoms with Gasteiger partial charge in [-0.15, -0.1) is 0 Å². The Balaban J connectivity index is 1.39. The lowest BCUT2D eigenvalue weighted by Crippen LogP contribution is -2.10. The topological polar surface area (TPSA) is 8.82 Å². The molecule has 4 heterocycles. The van der Waals surface area contributed by atoms with Crippen LogP contribution in [0.2, 0.25) is 0 Å². The number of fused-ring (bicyclic) bond motifs is 12. The normalized spacial score (nSPS) is 17.0. The number of nitrogens with zero attached hydrogens (tertiary/aromatic N) is 2. The van der Waals surface area contributed by atoms with Gasteiger partial charge in [-0.25, -0.2) is 0 Å². The maximum atomic E-state index is 10.2. The molecule has 0 atom stereocenters. The average molecular weight is 683 g/mol. The van der Waals surface area contributed by atoms with Crippen molar-refractivity contribution in [3.63, 3.8) is 0 Å². The van der Waals surface area contributed by atoms with Crippen LogP contribution in [0, 0.1) is 0 Å². The smallest absolute Gasteiger partial charge is 0.0653 e. The van der Waals surface area contributed by atoms with Crippen molar-refractivity contribution in [3.05, 3.63) is 144 Å². The Bertz CT molecular complexity index is 3760. The Morgan fingerprint density at radius 3 is 1.15 bits per heavy atom. The van der Waals surface area contributed by atoms with Crippen molar-refractivity contribution < 1.29 is 19.2 Å². The minimum absolute atomic E-state index is 0.00338. The van der Waals surface area contributed by atoms with Crippen molar-refractivity contribution in [1.82, 2.24) is 8.80 Å². The van der Waals surface area contributed by atoms with E-state index >= 15 is 0 Å². The quantitative estimate of drug-likeness (QED) is 0.172. The van der Waals surface area contributed by atoms with Crippen LogP contribution in [0.4, 0.5) is 0 Å². The highest BCUT2D eigenvalue weighted by Gasteiger charge is 2.24. The third-order valence-corrected chi connectivity index (χ3v) is 10.8. The van der Waals surface area contributed by atoms with Gasteiger partial charge in [0, 0.05) is 43.1 Å². The van der Waals surface area contributed by atoms with Crippen LogP contribution in [-0.4, -0.2) is 8.80 Å². The molecule has 4 aromatic heterocycles. The van der Waals surface area contributed by atoms with E-state index in [2.05, 4.69) is 41.5 Å². The van der Waals surface area contributed by atoms with E-state index in [-0.39, 0.29) is 134 Å². The first-order valence-corrected chi connectivity index (χ1v) is 17.5. The first-order chi connectivity index (χ1) is 30.9. The summed E-state index contributed by atoms with van der Waals surface area (Å²) in [5.74, 6) is 0. The van der Waals surface area contributed by atoms with Crippen LogP contribution in [0.25, 0.3) is 98.4 Å². The van der Waals surface area contributed by atoms with Gasteiger partial charge in [-0.05, 0) is 68.4 Å². The molecule has 0 fully saturated rings. The maximum Gasteiger partial charge on any atom is 0.0653 e. The van der Waals surface area contributed by atoms with Crippen molar-refractivity contribution in [3.8, 4) is 22.3 Å². The minimum atomic E-state index is -0.488. The molecule has 0 unspecified atom stereocenters. The van der Waals surface area contributed by atoms with Gasteiger partial charge >= 0.3 is 0 Å². The lowest BCUT2D eigenvalue weighted by Gasteiger charge is -2.19. The molecule has 52 heavy (non-hydrogen) atoms. The standard InChI is InChI=1S/C50H40N2/c1-49(2,3)31-23-19-29(20-24-31)33-11-9-17-41-45(33)37-15-7-13-35-39-28-44-40(27-43(39)51(41)47(35)37)36-14-8-16-38-46-34(12-10-18-42(46)52(44)48(36)38)30-21-25-32(26-22-30)50(4,5)6/h7-28H,1-6H3/i7D,8D,9D,10D,11D,12D,13D,14D,15D,16D,17D,18D,27D,28D. The van der Waals surface area contributed by atoms with Crippen LogP contribution in [0.3, 0.4) is 0 Å². The predicted octanol–water partition coefficient (Wildman–Crippen LogP) is 13.9. The van der Waals surface area contributed by atoms with Crippen LogP contribution < -0.4 is 0 Å². The summed E-state index contributed by atoms with van der Waals surface area (Å²) in [6, 6.07) is 9.66. The van der Waals surface area contributed by atoms with Crippen LogP contribution in [0.5, 0.6) is 0 Å². The largest absolute Gasteiger partial charge is 0.308 e. The second-order valence-corrected chi connectivity index (χ2v) is 15.9. The van der Waals surface area contributed by atoms with Crippen molar-refractivity contribution >= 4 is 76.2 Å². The van der Waals surface area contributed by atoms with Crippen molar-refractivity contribution in [2.24, 2.45) is 0 Å². The summed E-state index contributed by atoms with van der Waals surface area (Å²) >= 11 is 0. The zero-order chi connectivity index (χ0) is 47.4. The summed E-state index contributed by atoms with van der Waals surface area (Å²) in [5, 5.41) is 0.761. The highest BCUT2D eigenvalue weighted by atomic mass is 14.9. The lowest BCUT2D eigenvalue weighted by molar-refractivity contribution is 0.590. The van der Waals surface area contributed by atoms with Crippen LogP contribution in [0.15, 0.2) is 133 Å². The zero-order valence-electron chi connectivity index (χ0n) is 43.5. The van der Waals surface area contributed by atoms with Gasteiger partial charge in [-0.3, -0.25) is 0 Å². The second-order valence-electron chi connectivity index (χ2n) is 15.9. The van der Waals surface area contributed by atoms with Gasteiger partial charge in [-0.2, -0.15) is 0 Å². The molecule has 0 saturated carbocycles. The summed E-state index contributed by atoms with van der Waals surface area (Å²) in [4.78, 5) is 0. The molecule has 2 nitrogen and oxygen atoms in total. The first kappa shape index (κ1) is 19.1. The maximum absolute atomic E-state index is 10.2. The zero-order valence-corrected chi connectivity index (χ0v) is 29.5. The number of hydrogen-bond donors (Lipinski definition) is 0. The third-order valence-electron chi connectivity index (χ3n) is 10.8. The number of para-hydroxylation sites is 2. The summed E-state index contributed by atoms with van der Waals surface area (Å²) < 4.78 is 135. The van der Waals surface area contributed by atoms with Gasteiger partial charge in [0.1, 0.15) is 0 Å². The molecule has 0 radical (unpaired) electrons. The molecule has 0 N–H and O–H groups in total. The first-order valence-electron chi connectivity index (χ1n) is 24.5. The minimum Gasteiger partial charge on any atom is -0.308 e. The summed E-state index contributed by atoms with van der Waals surface area (Å²) in [6.45, 7) is 12.4. The van der Waals surface area contributed by atoms with Gasteiger partial charge < -0.3 is 8.80 Å². The van der Waals surface area contributed by atoms with Crippen LogP contribution in [0.1, 0.15) is 71.9 Å². The Morgan fingerprint density at radius 2 is 0.769 bits per heavy atom. The molecule has 0 aliphatic carbocycles. The van der Waals surface area contributed by atoms with Crippen molar-refractivity contribution in [2.45, 2.75) is 52.4 Å². The summed E-state index contributed by atoms with van der Waals surface area (Å²) in [5.41, 5.74) is 3.57. The number of benzene rings is 7. The van der Waals surface area contributed by atoms with Gasteiger partial charge in [0.05, 0.1) is 52.3 Å². The van der Waals surface area contributed by atoms with E-state index in [9.17, 15) is 16.4 Å². The van der Waals surface area contributed by atoms with Gasteiger partial charge in [-0.1, -0.05) is 150 Å². The molecule has 0 aliphatic heterocycles. The van der Waals surface area contributed by atoms with E-state index in [1.807, 2.05) is 48.5 Å². The molecule has 2 heteroatoms. The Kier molecular flexibility index (Phi) is 3.65. The Morgan fingerprint density at radius 1 is 0.404 bits per heavy atom. The van der Waals surface area contributed by atoms with Crippen molar-refractivity contribution in [2.75, 3.05) is 0 Å². The molecular weight excluding hydrogens is 629 g/mol. The monoisotopic (exact) mass is 682 g/mol. The van der Waals surface area contributed by atoms with E-state index in [0.29, 0.717) is 11.1 Å². The van der Waals surface area contributed by atoms with Crippen LogP contribution in [-0.2, 0) is 10.8 Å². The molecule has 0 aliphatic rings. The number of hydrogen-bond acceptors (Lipinski definition) is 0. The Hall–Kier alpha value is -5.86. The molecule has 7 aromatic carbocycles. The molecule has 11 rings (SSSR count). The predicted molar refractivity (Wildman–Crippen MR) is 224 cm³/mol. The van der Waals surface area contributed by atoms with E-state index in [4.69, 9.17) is 2.74 Å². The van der Waals surface area contributed by atoms with E-state index in [1.165, 1.54) is 8.80 Å². The molecule has 0 spiro atoms. The summed E-state index contributed by atoms with van der Waals surface area (Å²) in [7, 11) is 0. The van der Waals surface area contributed by atoms with Gasteiger partial charge in [0.15, 0.2) is 0 Å². The second kappa shape index (κ2) is 9.92. The molecule has 11 aromatic rings. The number of rotatable bonds is 2.